The molecular formula is C15H16N4. The van der Waals surface area contributed by atoms with Crippen LogP contribution in [0.1, 0.15) is 5.69 Å². The number of pyridine rings is 1. The van der Waals surface area contributed by atoms with Crippen molar-refractivity contribution in [2.45, 2.75) is 6.54 Å². The highest BCUT2D eigenvalue weighted by molar-refractivity contribution is 5.49. The Morgan fingerprint density at radius 2 is 1.89 bits per heavy atom. The number of imidazole rings is 1. The number of aromatic nitrogens is 2. The Labute approximate surface area is 112 Å². The van der Waals surface area contributed by atoms with Gasteiger partial charge >= 0.3 is 0 Å². The molecule has 0 saturated carbocycles. The summed E-state index contributed by atoms with van der Waals surface area (Å²) in [5.41, 5.74) is 9.64. The van der Waals surface area contributed by atoms with Crippen molar-refractivity contribution in [2.24, 2.45) is 0 Å². The van der Waals surface area contributed by atoms with Crippen LogP contribution in [0.3, 0.4) is 0 Å². The minimum atomic E-state index is 0.743. The minimum Gasteiger partial charge on any atom is -0.398 e. The summed E-state index contributed by atoms with van der Waals surface area (Å²) in [6.45, 7) is 0.769. The fraction of sp³-hybridized carbons (Fsp3) is 0.133. The Hall–Kier alpha value is -2.49. The first-order valence-corrected chi connectivity index (χ1v) is 6.22. The highest BCUT2D eigenvalue weighted by atomic mass is 15.1. The van der Waals surface area contributed by atoms with Gasteiger partial charge in [-0.2, -0.15) is 0 Å². The Balaban J connectivity index is 1.85. The predicted molar refractivity (Wildman–Crippen MR) is 78.2 cm³/mol. The third-order valence-corrected chi connectivity index (χ3v) is 3.12. The molecule has 0 amide bonds. The fourth-order valence-electron chi connectivity index (χ4n) is 2.15. The summed E-state index contributed by atoms with van der Waals surface area (Å²) < 4.78 is 1.96. The van der Waals surface area contributed by atoms with Crippen LogP contribution >= 0.6 is 0 Å². The predicted octanol–water partition coefficient (Wildman–Crippen LogP) is 2.55. The lowest BCUT2D eigenvalue weighted by atomic mass is 10.3. The summed E-state index contributed by atoms with van der Waals surface area (Å²) in [7, 11) is 2.06. The topological polar surface area (TPSA) is 46.6 Å². The normalized spacial score (nSPS) is 10.8. The molecule has 2 aromatic heterocycles. The first-order valence-electron chi connectivity index (χ1n) is 6.22. The maximum absolute atomic E-state index is 5.77. The summed E-state index contributed by atoms with van der Waals surface area (Å²) >= 11 is 0. The molecule has 1 aromatic carbocycles. The number of hydrogen-bond acceptors (Lipinski definition) is 3. The van der Waals surface area contributed by atoms with Crippen molar-refractivity contribution >= 4 is 17.0 Å². The maximum atomic E-state index is 5.77. The van der Waals surface area contributed by atoms with Gasteiger partial charge in [0.1, 0.15) is 5.65 Å². The highest BCUT2D eigenvalue weighted by Gasteiger charge is 2.05. The first-order chi connectivity index (χ1) is 9.22. The van der Waals surface area contributed by atoms with Crippen molar-refractivity contribution in [1.82, 2.24) is 9.38 Å². The van der Waals surface area contributed by atoms with Crippen LogP contribution in [-0.4, -0.2) is 16.4 Å². The summed E-state index contributed by atoms with van der Waals surface area (Å²) in [5, 5.41) is 0. The monoisotopic (exact) mass is 252 g/mol. The van der Waals surface area contributed by atoms with E-state index in [9.17, 15) is 0 Å². The van der Waals surface area contributed by atoms with Crippen LogP contribution in [0.2, 0.25) is 0 Å². The van der Waals surface area contributed by atoms with Crippen LogP contribution in [0.5, 0.6) is 0 Å². The molecule has 4 nitrogen and oxygen atoms in total. The van der Waals surface area contributed by atoms with Crippen LogP contribution in [0.4, 0.5) is 11.4 Å². The molecule has 0 radical (unpaired) electrons. The molecule has 0 atom stereocenters. The quantitative estimate of drug-likeness (QED) is 0.779. The lowest BCUT2D eigenvalue weighted by Crippen LogP contribution is -2.16. The van der Waals surface area contributed by atoms with E-state index < -0.39 is 0 Å². The molecule has 19 heavy (non-hydrogen) atoms. The van der Waals surface area contributed by atoms with Gasteiger partial charge in [0, 0.05) is 30.8 Å². The second-order valence-corrected chi connectivity index (χ2v) is 4.65. The van der Waals surface area contributed by atoms with E-state index in [2.05, 4.69) is 29.1 Å². The molecule has 0 aliphatic carbocycles. The minimum absolute atomic E-state index is 0.743. The summed E-state index contributed by atoms with van der Waals surface area (Å²) in [5.74, 6) is 0. The molecule has 0 bridgehead atoms. The number of nitrogens with two attached hydrogens (primary N) is 1. The van der Waals surface area contributed by atoms with Crippen LogP contribution in [-0.2, 0) is 6.54 Å². The smallest absolute Gasteiger partial charge is 0.137 e. The van der Waals surface area contributed by atoms with Gasteiger partial charge in [-0.15, -0.1) is 0 Å². The zero-order valence-corrected chi connectivity index (χ0v) is 10.8. The maximum Gasteiger partial charge on any atom is 0.137 e. The summed E-state index contributed by atoms with van der Waals surface area (Å²) in [6, 6.07) is 14.1. The number of hydrogen-bond donors (Lipinski definition) is 1. The molecule has 2 N–H and O–H groups in total. The molecular weight excluding hydrogens is 236 g/mol. The molecule has 0 saturated heterocycles. The average Bonchev–Trinajstić information content (AvgIpc) is 2.81. The summed E-state index contributed by atoms with van der Waals surface area (Å²) in [4.78, 5) is 6.76. The van der Waals surface area contributed by atoms with Gasteiger partial charge in [-0.3, -0.25) is 0 Å². The second-order valence-electron chi connectivity index (χ2n) is 4.65. The zero-order chi connectivity index (χ0) is 13.2. The van der Waals surface area contributed by atoms with Crippen molar-refractivity contribution in [3.8, 4) is 0 Å². The van der Waals surface area contributed by atoms with Gasteiger partial charge in [-0.25, -0.2) is 4.98 Å². The van der Waals surface area contributed by atoms with Gasteiger partial charge in [-0.1, -0.05) is 18.2 Å². The third kappa shape index (κ3) is 2.38. The number of para-hydroxylation sites is 1. The van der Waals surface area contributed by atoms with Gasteiger partial charge in [0.2, 0.25) is 0 Å². The van der Waals surface area contributed by atoms with Crippen LogP contribution in [0.15, 0.2) is 54.9 Å². The van der Waals surface area contributed by atoms with E-state index in [4.69, 9.17) is 5.73 Å². The fourth-order valence-corrected chi connectivity index (χ4v) is 2.15. The number of fused-ring (bicyclic) bond motifs is 1. The van der Waals surface area contributed by atoms with Gasteiger partial charge in [0.05, 0.1) is 12.2 Å². The number of anilines is 2. The van der Waals surface area contributed by atoms with Gasteiger partial charge < -0.3 is 15.0 Å². The van der Waals surface area contributed by atoms with E-state index in [-0.39, 0.29) is 0 Å². The number of rotatable bonds is 3. The van der Waals surface area contributed by atoms with Crippen molar-refractivity contribution in [3.05, 3.63) is 60.6 Å². The second kappa shape index (κ2) is 4.65. The Morgan fingerprint density at radius 3 is 2.68 bits per heavy atom. The van der Waals surface area contributed by atoms with Crippen molar-refractivity contribution in [3.63, 3.8) is 0 Å². The standard InChI is InChI=1S/C15H16N4/c1-18(14-5-3-2-4-6-14)10-13-11-19-9-12(16)7-8-15(19)17-13/h2-9,11H,10,16H2,1H3. The Bertz CT molecular complexity index is 688. The van der Waals surface area contributed by atoms with E-state index in [0.29, 0.717) is 0 Å². The Kier molecular flexibility index (Phi) is 2.83. The van der Waals surface area contributed by atoms with E-state index in [0.717, 1.165) is 23.6 Å². The Morgan fingerprint density at radius 1 is 1.11 bits per heavy atom. The number of nitrogens with zero attached hydrogens (tertiary/aromatic N) is 3. The molecule has 0 spiro atoms. The molecule has 3 aromatic rings. The molecule has 2 heterocycles. The number of nitrogen functional groups attached to an aromatic ring is 1. The van der Waals surface area contributed by atoms with Gasteiger partial charge in [0.25, 0.3) is 0 Å². The van der Waals surface area contributed by atoms with Crippen LogP contribution in [0, 0.1) is 0 Å². The van der Waals surface area contributed by atoms with Crippen molar-refractivity contribution in [1.29, 1.82) is 0 Å². The SMILES string of the molecule is CN(Cc1cn2cc(N)ccc2n1)c1ccccc1. The van der Waals surface area contributed by atoms with E-state index in [1.165, 1.54) is 5.69 Å². The highest BCUT2D eigenvalue weighted by Crippen LogP contribution is 2.15. The molecule has 0 fully saturated rings. The lowest BCUT2D eigenvalue weighted by Gasteiger charge is -2.17. The molecule has 4 heteroatoms. The lowest BCUT2D eigenvalue weighted by molar-refractivity contribution is 0.896. The van der Waals surface area contributed by atoms with E-state index in [1.807, 2.05) is 47.1 Å². The van der Waals surface area contributed by atoms with Crippen LogP contribution < -0.4 is 10.6 Å². The number of benzene rings is 1. The van der Waals surface area contributed by atoms with E-state index >= 15 is 0 Å². The molecule has 0 unspecified atom stereocenters. The summed E-state index contributed by atoms with van der Waals surface area (Å²) in [6.07, 6.45) is 3.90. The van der Waals surface area contributed by atoms with Crippen molar-refractivity contribution in [2.75, 3.05) is 17.7 Å². The molecule has 0 aliphatic rings. The average molecular weight is 252 g/mol. The zero-order valence-electron chi connectivity index (χ0n) is 10.8. The molecule has 3 rings (SSSR count). The van der Waals surface area contributed by atoms with Crippen molar-refractivity contribution < 1.29 is 0 Å². The van der Waals surface area contributed by atoms with Gasteiger partial charge in [-0.05, 0) is 24.3 Å². The first kappa shape index (κ1) is 11.6. The van der Waals surface area contributed by atoms with E-state index in [1.54, 1.807) is 0 Å². The third-order valence-electron chi connectivity index (χ3n) is 3.12. The molecule has 96 valence electrons. The van der Waals surface area contributed by atoms with Crippen LogP contribution in [0.25, 0.3) is 5.65 Å². The van der Waals surface area contributed by atoms with Gasteiger partial charge in [0.15, 0.2) is 0 Å². The largest absolute Gasteiger partial charge is 0.398 e. The molecule has 0 aliphatic heterocycles.